The predicted octanol–water partition coefficient (Wildman–Crippen LogP) is 3.13. The molecule has 0 spiro atoms. The van der Waals surface area contributed by atoms with Crippen molar-refractivity contribution in [2.75, 3.05) is 5.73 Å². The van der Waals surface area contributed by atoms with Crippen LogP contribution in [0.3, 0.4) is 0 Å². The lowest BCUT2D eigenvalue weighted by Crippen LogP contribution is -1.81. The van der Waals surface area contributed by atoms with Crippen LogP contribution >= 0.6 is 11.6 Å². The van der Waals surface area contributed by atoms with Crippen LogP contribution < -0.4 is 5.73 Å². The molecule has 0 aliphatic carbocycles. The Labute approximate surface area is 102 Å². The van der Waals surface area contributed by atoms with Crippen LogP contribution in [0, 0.1) is 0 Å². The molecule has 0 aliphatic heterocycles. The molecule has 0 atom stereocenters. The van der Waals surface area contributed by atoms with E-state index in [1.165, 1.54) is 0 Å². The number of hydrogen-bond donors (Lipinski definition) is 1. The molecule has 3 rings (SSSR count). The number of pyridine rings is 1. The molecule has 5 heteroatoms. The van der Waals surface area contributed by atoms with Gasteiger partial charge in [0.2, 0.25) is 0 Å². The minimum absolute atomic E-state index is 0.171. The van der Waals surface area contributed by atoms with Gasteiger partial charge in [-0.05, 0) is 35.4 Å². The normalized spacial score (nSPS) is 10.9. The van der Waals surface area contributed by atoms with E-state index in [2.05, 4.69) is 9.97 Å². The zero-order valence-corrected chi connectivity index (χ0v) is 9.48. The van der Waals surface area contributed by atoms with Gasteiger partial charge in [0.1, 0.15) is 10.7 Å². The summed E-state index contributed by atoms with van der Waals surface area (Å²) in [5.74, 6) is 0. The maximum absolute atomic E-state index is 5.85. The van der Waals surface area contributed by atoms with Crippen molar-refractivity contribution in [3.8, 4) is 11.1 Å². The molecule has 2 N–H and O–H groups in total. The van der Waals surface area contributed by atoms with E-state index < -0.39 is 0 Å². The number of rotatable bonds is 1. The molecule has 1 aromatic carbocycles. The molecule has 3 aromatic rings. The van der Waals surface area contributed by atoms with Crippen molar-refractivity contribution in [3.63, 3.8) is 0 Å². The van der Waals surface area contributed by atoms with Gasteiger partial charge in [0.05, 0.1) is 0 Å². The van der Waals surface area contributed by atoms with E-state index in [9.17, 15) is 0 Å². The molecular formula is C12H8ClN3O. The van der Waals surface area contributed by atoms with Gasteiger partial charge in [0, 0.05) is 6.20 Å². The molecule has 17 heavy (non-hydrogen) atoms. The third-order valence-electron chi connectivity index (χ3n) is 2.46. The van der Waals surface area contributed by atoms with Crippen LogP contribution in [0.2, 0.25) is 5.15 Å². The highest BCUT2D eigenvalue weighted by atomic mass is 35.5. The topological polar surface area (TPSA) is 64.9 Å². The predicted molar refractivity (Wildman–Crippen MR) is 66.7 cm³/mol. The quantitative estimate of drug-likeness (QED) is 0.669. The summed E-state index contributed by atoms with van der Waals surface area (Å²) >= 11 is 5.85. The Hall–Kier alpha value is -2.07. The first-order valence-electron chi connectivity index (χ1n) is 5.00. The molecule has 0 fully saturated rings. The fraction of sp³-hybridized carbons (Fsp3) is 0. The fourth-order valence-corrected chi connectivity index (χ4v) is 1.88. The first-order chi connectivity index (χ1) is 8.22. The average Bonchev–Trinajstić information content (AvgIpc) is 2.68. The highest BCUT2D eigenvalue weighted by molar-refractivity contribution is 6.29. The third-order valence-corrected chi connectivity index (χ3v) is 2.67. The van der Waals surface area contributed by atoms with Crippen LogP contribution in [-0.4, -0.2) is 9.97 Å². The van der Waals surface area contributed by atoms with Crippen LogP contribution in [-0.2, 0) is 0 Å². The van der Waals surface area contributed by atoms with Crippen molar-refractivity contribution in [1.29, 1.82) is 0 Å². The van der Waals surface area contributed by atoms with Gasteiger partial charge < -0.3 is 10.2 Å². The number of nitrogen functional groups attached to an aromatic ring is 1. The molecule has 0 aliphatic rings. The van der Waals surface area contributed by atoms with Crippen molar-refractivity contribution < 1.29 is 4.42 Å². The number of halogens is 1. The monoisotopic (exact) mass is 245 g/mol. The van der Waals surface area contributed by atoms with Crippen LogP contribution in [0.4, 0.5) is 6.01 Å². The molecule has 0 radical (unpaired) electrons. The van der Waals surface area contributed by atoms with E-state index in [0.29, 0.717) is 10.7 Å². The van der Waals surface area contributed by atoms with E-state index in [-0.39, 0.29) is 6.01 Å². The maximum Gasteiger partial charge on any atom is 0.292 e. The molecule has 4 nitrogen and oxygen atoms in total. The lowest BCUT2D eigenvalue weighted by molar-refractivity contribution is 0.626. The van der Waals surface area contributed by atoms with Crippen molar-refractivity contribution in [1.82, 2.24) is 9.97 Å². The lowest BCUT2D eigenvalue weighted by Gasteiger charge is -2.00. The van der Waals surface area contributed by atoms with Gasteiger partial charge in [0.25, 0.3) is 6.01 Å². The number of oxazole rings is 1. The van der Waals surface area contributed by atoms with Crippen LogP contribution in [0.5, 0.6) is 0 Å². The molecule has 0 saturated carbocycles. The maximum atomic E-state index is 5.85. The number of benzene rings is 1. The van der Waals surface area contributed by atoms with Gasteiger partial charge in [-0.25, -0.2) is 4.98 Å². The Morgan fingerprint density at radius 3 is 2.76 bits per heavy atom. The number of nitrogens with two attached hydrogens (primary N) is 1. The van der Waals surface area contributed by atoms with Crippen LogP contribution in [0.1, 0.15) is 0 Å². The van der Waals surface area contributed by atoms with Crippen molar-refractivity contribution in [3.05, 3.63) is 41.7 Å². The van der Waals surface area contributed by atoms with Crippen LogP contribution in [0.25, 0.3) is 22.2 Å². The van der Waals surface area contributed by atoms with Gasteiger partial charge in [0.15, 0.2) is 5.58 Å². The van der Waals surface area contributed by atoms with Crippen molar-refractivity contribution in [2.45, 2.75) is 0 Å². The number of nitrogens with zero attached hydrogens (tertiary/aromatic N) is 2. The second-order valence-electron chi connectivity index (χ2n) is 3.60. The Bertz CT molecular complexity index is 693. The molecule has 0 unspecified atom stereocenters. The van der Waals surface area contributed by atoms with E-state index >= 15 is 0 Å². The number of hydrogen-bond acceptors (Lipinski definition) is 4. The summed E-state index contributed by atoms with van der Waals surface area (Å²) in [5, 5.41) is 0.460. The molecule has 0 saturated heterocycles. The van der Waals surface area contributed by atoms with Crippen LogP contribution in [0.15, 0.2) is 40.9 Å². The van der Waals surface area contributed by atoms with Gasteiger partial charge in [-0.2, -0.15) is 4.98 Å². The minimum Gasteiger partial charge on any atom is -0.424 e. The van der Waals surface area contributed by atoms with E-state index in [0.717, 1.165) is 16.6 Å². The summed E-state index contributed by atoms with van der Waals surface area (Å²) in [6, 6.07) is 9.52. The molecule has 2 heterocycles. The first kappa shape index (κ1) is 10.1. The van der Waals surface area contributed by atoms with E-state index in [1.807, 2.05) is 24.3 Å². The highest BCUT2D eigenvalue weighted by Gasteiger charge is 2.05. The number of fused-ring (bicyclic) bond motifs is 1. The Morgan fingerprint density at radius 1 is 1.12 bits per heavy atom. The largest absolute Gasteiger partial charge is 0.424 e. The summed E-state index contributed by atoms with van der Waals surface area (Å²) in [7, 11) is 0. The Balaban J connectivity index is 2.17. The second kappa shape index (κ2) is 3.75. The molecule has 2 aromatic heterocycles. The lowest BCUT2D eigenvalue weighted by atomic mass is 10.1. The Morgan fingerprint density at radius 2 is 1.94 bits per heavy atom. The standard InChI is InChI=1S/C12H8ClN3O/c13-11-6-8(3-4-15-11)7-1-2-10-9(5-7)16-12(14)17-10/h1-6H,(H2,14,16). The number of aromatic nitrogens is 2. The van der Waals surface area contributed by atoms with E-state index in [1.54, 1.807) is 12.3 Å². The summed E-state index contributed by atoms with van der Waals surface area (Å²) in [6.45, 7) is 0. The smallest absolute Gasteiger partial charge is 0.292 e. The SMILES string of the molecule is Nc1nc2cc(-c3ccnc(Cl)c3)ccc2o1. The second-order valence-corrected chi connectivity index (χ2v) is 3.99. The van der Waals surface area contributed by atoms with Crippen molar-refractivity contribution in [2.24, 2.45) is 0 Å². The van der Waals surface area contributed by atoms with Gasteiger partial charge >= 0.3 is 0 Å². The summed E-state index contributed by atoms with van der Waals surface area (Å²) in [5.41, 5.74) is 8.87. The molecule has 0 amide bonds. The van der Waals surface area contributed by atoms with E-state index in [4.69, 9.17) is 21.8 Å². The highest BCUT2D eigenvalue weighted by Crippen LogP contribution is 2.26. The van der Waals surface area contributed by atoms with Gasteiger partial charge in [-0.3, -0.25) is 0 Å². The average molecular weight is 246 g/mol. The zero-order valence-electron chi connectivity index (χ0n) is 8.72. The summed E-state index contributed by atoms with van der Waals surface area (Å²) < 4.78 is 5.21. The van der Waals surface area contributed by atoms with Gasteiger partial charge in [-0.15, -0.1) is 0 Å². The van der Waals surface area contributed by atoms with Gasteiger partial charge in [-0.1, -0.05) is 17.7 Å². The zero-order chi connectivity index (χ0) is 11.8. The molecular weight excluding hydrogens is 238 g/mol. The summed E-state index contributed by atoms with van der Waals surface area (Å²) in [6.07, 6.45) is 1.67. The molecule has 0 bridgehead atoms. The minimum atomic E-state index is 0.171. The Kier molecular flexibility index (Phi) is 2.23. The third kappa shape index (κ3) is 1.83. The van der Waals surface area contributed by atoms with Crippen molar-refractivity contribution >= 4 is 28.7 Å². The molecule has 84 valence electrons. The fourth-order valence-electron chi connectivity index (χ4n) is 1.71. The number of anilines is 1. The first-order valence-corrected chi connectivity index (χ1v) is 5.38. The summed E-state index contributed by atoms with van der Waals surface area (Å²) in [4.78, 5) is 8.03.